The summed E-state index contributed by atoms with van der Waals surface area (Å²) in [5.41, 5.74) is 7.31. The van der Waals surface area contributed by atoms with Gasteiger partial charge in [-0.1, -0.05) is 18.2 Å². The van der Waals surface area contributed by atoms with Crippen molar-refractivity contribution < 1.29 is 9.53 Å². The Balaban J connectivity index is 2.12. The van der Waals surface area contributed by atoms with E-state index in [1.165, 1.54) is 0 Å². The van der Waals surface area contributed by atoms with Gasteiger partial charge in [-0.05, 0) is 43.7 Å². The summed E-state index contributed by atoms with van der Waals surface area (Å²) in [6.45, 7) is 3.65. The first-order chi connectivity index (χ1) is 9.54. The third-order valence-corrected chi connectivity index (χ3v) is 2.74. The standard InChI is InChI=1S/C16H18N2O2/c1-11-5-3-7-14(9-11)20-15-8-4-6-13(10-15)18-16(19)12(2)17/h3-10,12H,17H2,1-2H3,(H,18,19). The largest absolute Gasteiger partial charge is 0.457 e. The molecule has 0 aromatic heterocycles. The van der Waals surface area contributed by atoms with Crippen LogP contribution < -0.4 is 15.8 Å². The second-order valence-corrected chi connectivity index (χ2v) is 4.72. The Bertz CT molecular complexity index is 609. The molecule has 0 fully saturated rings. The van der Waals surface area contributed by atoms with Gasteiger partial charge in [0.1, 0.15) is 11.5 Å². The van der Waals surface area contributed by atoms with Gasteiger partial charge in [-0.25, -0.2) is 0 Å². The number of ether oxygens (including phenoxy) is 1. The number of hydrogen-bond acceptors (Lipinski definition) is 3. The van der Waals surface area contributed by atoms with Crippen molar-refractivity contribution in [3.63, 3.8) is 0 Å². The molecule has 0 aliphatic heterocycles. The van der Waals surface area contributed by atoms with Gasteiger partial charge >= 0.3 is 0 Å². The summed E-state index contributed by atoms with van der Waals surface area (Å²) in [4.78, 5) is 11.5. The highest BCUT2D eigenvalue weighted by Gasteiger charge is 2.08. The number of carbonyl (C=O) groups is 1. The predicted molar refractivity (Wildman–Crippen MR) is 80.0 cm³/mol. The van der Waals surface area contributed by atoms with Crippen LogP contribution in [0.3, 0.4) is 0 Å². The molecular formula is C16H18N2O2. The lowest BCUT2D eigenvalue weighted by molar-refractivity contribution is -0.117. The Morgan fingerprint density at radius 2 is 1.80 bits per heavy atom. The van der Waals surface area contributed by atoms with Crippen molar-refractivity contribution in [3.8, 4) is 11.5 Å². The van der Waals surface area contributed by atoms with Crippen molar-refractivity contribution in [3.05, 3.63) is 54.1 Å². The highest BCUT2D eigenvalue weighted by atomic mass is 16.5. The molecule has 0 aliphatic carbocycles. The van der Waals surface area contributed by atoms with Crippen LogP contribution in [0.5, 0.6) is 11.5 Å². The highest BCUT2D eigenvalue weighted by molar-refractivity contribution is 5.94. The molecule has 104 valence electrons. The van der Waals surface area contributed by atoms with Gasteiger partial charge in [0.15, 0.2) is 0 Å². The second-order valence-electron chi connectivity index (χ2n) is 4.72. The van der Waals surface area contributed by atoms with E-state index in [4.69, 9.17) is 10.5 Å². The Kier molecular flexibility index (Phi) is 4.38. The maximum atomic E-state index is 11.5. The molecule has 20 heavy (non-hydrogen) atoms. The lowest BCUT2D eigenvalue weighted by Crippen LogP contribution is -2.32. The number of benzene rings is 2. The van der Waals surface area contributed by atoms with Crippen LogP contribution in [0.25, 0.3) is 0 Å². The molecule has 1 amide bonds. The van der Waals surface area contributed by atoms with Gasteiger partial charge in [0.2, 0.25) is 5.91 Å². The number of amides is 1. The Labute approximate surface area is 118 Å². The fourth-order valence-electron chi connectivity index (χ4n) is 1.71. The number of aryl methyl sites for hydroxylation is 1. The van der Waals surface area contributed by atoms with Crippen molar-refractivity contribution in [1.29, 1.82) is 0 Å². The zero-order valence-corrected chi connectivity index (χ0v) is 11.6. The average Bonchev–Trinajstić information content (AvgIpc) is 2.39. The number of nitrogens with one attached hydrogen (secondary N) is 1. The van der Waals surface area contributed by atoms with Crippen molar-refractivity contribution in [1.82, 2.24) is 0 Å². The van der Waals surface area contributed by atoms with E-state index >= 15 is 0 Å². The molecule has 0 saturated carbocycles. The highest BCUT2D eigenvalue weighted by Crippen LogP contribution is 2.24. The molecule has 0 saturated heterocycles. The molecule has 1 atom stereocenters. The smallest absolute Gasteiger partial charge is 0.241 e. The number of nitrogens with two attached hydrogens (primary N) is 1. The Morgan fingerprint density at radius 3 is 2.45 bits per heavy atom. The Morgan fingerprint density at radius 1 is 1.15 bits per heavy atom. The minimum absolute atomic E-state index is 0.224. The molecule has 2 rings (SSSR count). The lowest BCUT2D eigenvalue weighted by atomic mass is 10.2. The molecule has 2 aromatic rings. The second kappa shape index (κ2) is 6.21. The molecule has 0 aliphatic rings. The van der Waals surface area contributed by atoms with Crippen molar-refractivity contribution in [2.75, 3.05) is 5.32 Å². The summed E-state index contributed by atoms with van der Waals surface area (Å²) in [6, 6.07) is 14.5. The SMILES string of the molecule is Cc1cccc(Oc2cccc(NC(=O)C(C)N)c2)c1. The molecule has 4 heteroatoms. The predicted octanol–water partition coefficient (Wildman–Crippen LogP) is 3.07. The number of anilines is 1. The van der Waals surface area contributed by atoms with Crippen LogP contribution in [0, 0.1) is 6.92 Å². The quantitative estimate of drug-likeness (QED) is 0.897. The van der Waals surface area contributed by atoms with E-state index in [-0.39, 0.29) is 5.91 Å². The molecular weight excluding hydrogens is 252 g/mol. The van der Waals surface area contributed by atoms with Gasteiger partial charge < -0.3 is 15.8 Å². The van der Waals surface area contributed by atoms with Crippen LogP contribution in [-0.2, 0) is 4.79 Å². The summed E-state index contributed by atoms with van der Waals surface area (Å²) < 4.78 is 5.76. The molecule has 4 nitrogen and oxygen atoms in total. The van der Waals surface area contributed by atoms with Crippen molar-refractivity contribution >= 4 is 11.6 Å². The van der Waals surface area contributed by atoms with Crippen molar-refractivity contribution in [2.24, 2.45) is 5.73 Å². The van der Waals surface area contributed by atoms with Crippen LogP contribution in [0.15, 0.2) is 48.5 Å². The first-order valence-corrected chi connectivity index (χ1v) is 6.45. The van der Waals surface area contributed by atoms with Crippen molar-refractivity contribution in [2.45, 2.75) is 19.9 Å². The van der Waals surface area contributed by atoms with E-state index in [0.717, 1.165) is 11.3 Å². The molecule has 1 unspecified atom stereocenters. The summed E-state index contributed by atoms with van der Waals surface area (Å²) >= 11 is 0. The maximum Gasteiger partial charge on any atom is 0.241 e. The summed E-state index contributed by atoms with van der Waals surface area (Å²) in [7, 11) is 0. The van der Waals surface area contributed by atoms with Crippen LogP contribution in [0.1, 0.15) is 12.5 Å². The van der Waals surface area contributed by atoms with Crippen LogP contribution >= 0.6 is 0 Å². The monoisotopic (exact) mass is 270 g/mol. The first kappa shape index (κ1) is 14.1. The summed E-state index contributed by atoms with van der Waals surface area (Å²) in [5.74, 6) is 1.21. The normalized spacial score (nSPS) is 11.8. The average molecular weight is 270 g/mol. The van der Waals surface area contributed by atoms with Gasteiger partial charge in [-0.2, -0.15) is 0 Å². The van der Waals surface area contributed by atoms with E-state index in [0.29, 0.717) is 11.4 Å². The van der Waals surface area contributed by atoms with E-state index in [2.05, 4.69) is 5.32 Å². The molecule has 0 heterocycles. The van der Waals surface area contributed by atoms with Crippen LogP contribution in [0.4, 0.5) is 5.69 Å². The summed E-state index contributed by atoms with van der Waals surface area (Å²) in [6.07, 6.45) is 0. The number of rotatable bonds is 4. The number of hydrogen-bond donors (Lipinski definition) is 2. The molecule has 3 N–H and O–H groups in total. The van der Waals surface area contributed by atoms with E-state index in [1.54, 1.807) is 19.1 Å². The Hall–Kier alpha value is -2.33. The zero-order valence-electron chi connectivity index (χ0n) is 11.6. The number of carbonyl (C=O) groups excluding carboxylic acids is 1. The minimum Gasteiger partial charge on any atom is -0.457 e. The molecule has 0 bridgehead atoms. The minimum atomic E-state index is -0.545. The third kappa shape index (κ3) is 3.83. The molecule has 0 spiro atoms. The van der Waals surface area contributed by atoms with E-state index < -0.39 is 6.04 Å². The molecule has 0 radical (unpaired) electrons. The van der Waals surface area contributed by atoms with Crippen LogP contribution in [-0.4, -0.2) is 11.9 Å². The molecule has 2 aromatic carbocycles. The van der Waals surface area contributed by atoms with Gasteiger partial charge in [0.25, 0.3) is 0 Å². The maximum absolute atomic E-state index is 11.5. The van der Waals surface area contributed by atoms with Gasteiger partial charge in [0, 0.05) is 11.8 Å². The fraction of sp³-hybridized carbons (Fsp3) is 0.188. The third-order valence-electron chi connectivity index (χ3n) is 2.74. The van der Waals surface area contributed by atoms with Gasteiger partial charge in [-0.3, -0.25) is 4.79 Å². The topological polar surface area (TPSA) is 64.3 Å². The van der Waals surface area contributed by atoms with E-state index in [1.807, 2.05) is 43.3 Å². The fourth-order valence-corrected chi connectivity index (χ4v) is 1.71. The van der Waals surface area contributed by atoms with E-state index in [9.17, 15) is 4.79 Å². The van der Waals surface area contributed by atoms with Crippen LogP contribution in [0.2, 0.25) is 0 Å². The zero-order chi connectivity index (χ0) is 14.5. The van der Waals surface area contributed by atoms with Gasteiger partial charge in [-0.15, -0.1) is 0 Å². The van der Waals surface area contributed by atoms with Gasteiger partial charge in [0.05, 0.1) is 6.04 Å². The lowest BCUT2D eigenvalue weighted by Gasteiger charge is -2.10. The summed E-state index contributed by atoms with van der Waals surface area (Å²) in [5, 5.41) is 2.73. The first-order valence-electron chi connectivity index (χ1n) is 6.45.